The third-order valence-electron chi connectivity index (χ3n) is 3.85. The van der Waals surface area contributed by atoms with Gasteiger partial charge in [0.1, 0.15) is 11.3 Å². The maximum Gasteiger partial charge on any atom is 0.339 e. The first-order valence-corrected chi connectivity index (χ1v) is 7.14. The van der Waals surface area contributed by atoms with Gasteiger partial charge in [0.25, 0.3) is 5.69 Å². The number of carboxylic acids is 1. The molecule has 0 aliphatic heterocycles. The van der Waals surface area contributed by atoms with E-state index in [0.717, 1.165) is 22.0 Å². The van der Waals surface area contributed by atoms with Crippen molar-refractivity contribution in [1.82, 2.24) is 4.98 Å². The van der Waals surface area contributed by atoms with E-state index >= 15 is 0 Å². The second-order valence-corrected chi connectivity index (χ2v) is 5.32. The van der Waals surface area contributed by atoms with Crippen LogP contribution in [0.25, 0.3) is 10.9 Å². The van der Waals surface area contributed by atoms with Crippen molar-refractivity contribution in [3.63, 3.8) is 0 Å². The van der Waals surface area contributed by atoms with Crippen LogP contribution in [0.1, 0.15) is 21.5 Å². The minimum atomic E-state index is -1.07. The van der Waals surface area contributed by atoms with E-state index in [4.69, 9.17) is 4.74 Å². The number of nitrogens with zero attached hydrogens (tertiary/aromatic N) is 1. The molecule has 0 saturated carbocycles. The van der Waals surface area contributed by atoms with Gasteiger partial charge in [0, 0.05) is 29.2 Å². The standard InChI is InChI=1S/C17H14N2O5/c1-24-16-5-2-10(7-14(16)17(20)21)6-11-9-18-15-4-3-12(19(22)23)8-13(11)15/h2-5,7-9,18H,6H2,1H3,(H,20,21). The van der Waals surface area contributed by atoms with Gasteiger partial charge in [-0.05, 0) is 35.7 Å². The highest BCUT2D eigenvalue weighted by Crippen LogP contribution is 2.27. The summed E-state index contributed by atoms with van der Waals surface area (Å²) in [7, 11) is 1.42. The first-order valence-electron chi connectivity index (χ1n) is 7.14. The Morgan fingerprint density at radius 3 is 2.75 bits per heavy atom. The maximum atomic E-state index is 11.3. The predicted molar refractivity (Wildman–Crippen MR) is 87.7 cm³/mol. The highest BCUT2D eigenvalue weighted by Gasteiger charge is 2.14. The molecule has 0 unspecified atom stereocenters. The smallest absolute Gasteiger partial charge is 0.339 e. The van der Waals surface area contributed by atoms with Gasteiger partial charge in [-0.15, -0.1) is 0 Å². The summed E-state index contributed by atoms with van der Waals surface area (Å²) in [6.45, 7) is 0. The lowest BCUT2D eigenvalue weighted by molar-refractivity contribution is -0.384. The van der Waals surface area contributed by atoms with Crippen molar-refractivity contribution in [3.8, 4) is 5.75 Å². The molecule has 0 amide bonds. The van der Waals surface area contributed by atoms with Crippen LogP contribution in [-0.2, 0) is 6.42 Å². The first-order chi connectivity index (χ1) is 11.5. The summed E-state index contributed by atoms with van der Waals surface area (Å²) < 4.78 is 5.05. The highest BCUT2D eigenvalue weighted by atomic mass is 16.6. The molecule has 24 heavy (non-hydrogen) atoms. The Balaban J connectivity index is 2.01. The molecular weight excluding hydrogens is 312 g/mol. The fourth-order valence-corrected chi connectivity index (χ4v) is 2.68. The van der Waals surface area contributed by atoms with Gasteiger partial charge >= 0.3 is 5.97 Å². The summed E-state index contributed by atoms with van der Waals surface area (Å²) in [5.74, 6) is -0.774. The van der Waals surface area contributed by atoms with Gasteiger partial charge in [0.2, 0.25) is 0 Å². The van der Waals surface area contributed by atoms with Gasteiger partial charge in [0.15, 0.2) is 0 Å². The molecule has 7 heteroatoms. The molecule has 2 N–H and O–H groups in total. The Hall–Kier alpha value is -3.35. The van der Waals surface area contributed by atoms with Crippen molar-refractivity contribution in [2.45, 2.75) is 6.42 Å². The predicted octanol–water partition coefficient (Wildman–Crippen LogP) is 3.37. The molecule has 0 spiro atoms. The van der Waals surface area contributed by atoms with E-state index in [1.165, 1.54) is 19.2 Å². The number of H-pyrrole nitrogens is 1. The second-order valence-electron chi connectivity index (χ2n) is 5.32. The molecule has 3 aromatic rings. The van der Waals surface area contributed by atoms with Crippen LogP contribution in [0, 0.1) is 10.1 Å². The number of rotatable bonds is 5. The van der Waals surface area contributed by atoms with Gasteiger partial charge in [0.05, 0.1) is 12.0 Å². The summed E-state index contributed by atoms with van der Waals surface area (Å²) in [5, 5.41) is 20.9. The maximum absolute atomic E-state index is 11.3. The summed E-state index contributed by atoms with van der Waals surface area (Å²) in [4.78, 5) is 24.9. The van der Waals surface area contributed by atoms with Gasteiger partial charge in [-0.2, -0.15) is 0 Å². The van der Waals surface area contributed by atoms with E-state index in [0.29, 0.717) is 12.2 Å². The van der Waals surface area contributed by atoms with Crippen LogP contribution in [0.3, 0.4) is 0 Å². The number of aromatic amines is 1. The van der Waals surface area contributed by atoms with Crippen molar-refractivity contribution in [3.05, 3.63) is 69.4 Å². The monoisotopic (exact) mass is 326 g/mol. The molecule has 1 aromatic heterocycles. The number of carbonyl (C=O) groups is 1. The lowest BCUT2D eigenvalue weighted by Gasteiger charge is -2.07. The molecular formula is C17H14N2O5. The van der Waals surface area contributed by atoms with E-state index in [1.54, 1.807) is 30.5 Å². The van der Waals surface area contributed by atoms with Crippen molar-refractivity contribution >= 4 is 22.6 Å². The zero-order chi connectivity index (χ0) is 17.3. The second kappa shape index (κ2) is 6.04. The van der Waals surface area contributed by atoms with Crippen LogP contribution < -0.4 is 4.74 Å². The molecule has 7 nitrogen and oxygen atoms in total. The van der Waals surface area contributed by atoms with Gasteiger partial charge in [-0.25, -0.2) is 4.79 Å². The summed E-state index contributed by atoms with van der Waals surface area (Å²) in [6.07, 6.45) is 2.23. The lowest BCUT2D eigenvalue weighted by atomic mass is 10.0. The average molecular weight is 326 g/mol. The number of hydrogen-bond donors (Lipinski definition) is 2. The summed E-state index contributed by atoms with van der Waals surface area (Å²) in [5.41, 5.74) is 2.53. The average Bonchev–Trinajstić information content (AvgIpc) is 2.97. The fourth-order valence-electron chi connectivity index (χ4n) is 2.68. The first kappa shape index (κ1) is 15.5. The number of non-ortho nitro benzene ring substituents is 1. The van der Waals surface area contributed by atoms with E-state index in [1.807, 2.05) is 0 Å². The van der Waals surface area contributed by atoms with Crippen molar-refractivity contribution in [2.24, 2.45) is 0 Å². The molecule has 3 rings (SSSR count). The Bertz CT molecular complexity index is 945. The Kier molecular flexibility index (Phi) is 3.91. The van der Waals surface area contributed by atoms with Crippen LogP contribution >= 0.6 is 0 Å². The van der Waals surface area contributed by atoms with Gasteiger partial charge in [-0.3, -0.25) is 10.1 Å². The molecule has 2 aromatic carbocycles. The zero-order valence-corrected chi connectivity index (χ0v) is 12.8. The molecule has 0 fully saturated rings. The third kappa shape index (κ3) is 2.79. The van der Waals surface area contributed by atoms with E-state index in [2.05, 4.69) is 4.98 Å². The number of ether oxygens (including phenoxy) is 1. The minimum Gasteiger partial charge on any atom is -0.496 e. The largest absolute Gasteiger partial charge is 0.496 e. The number of fused-ring (bicyclic) bond motifs is 1. The van der Waals surface area contributed by atoms with E-state index < -0.39 is 10.9 Å². The number of aromatic carboxylic acids is 1. The number of carboxylic acid groups (broad SMARTS) is 1. The fraction of sp³-hybridized carbons (Fsp3) is 0.118. The van der Waals surface area contributed by atoms with Gasteiger partial charge in [-0.1, -0.05) is 6.07 Å². The van der Waals surface area contributed by atoms with E-state index in [9.17, 15) is 20.0 Å². The zero-order valence-electron chi connectivity index (χ0n) is 12.8. The number of nitro benzene ring substituents is 1. The van der Waals surface area contributed by atoms with Crippen LogP contribution in [0.4, 0.5) is 5.69 Å². The van der Waals surface area contributed by atoms with Crippen LogP contribution in [0.2, 0.25) is 0 Å². The van der Waals surface area contributed by atoms with Crippen molar-refractivity contribution in [1.29, 1.82) is 0 Å². The molecule has 0 saturated heterocycles. The number of nitro groups is 1. The summed E-state index contributed by atoms with van der Waals surface area (Å²) >= 11 is 0. The van der Waals surface area contributed by atoms with Crippen LogP contribution in [0.15, 0.2) is 42.6 Å². The molecule has 0 atom stereocenters. The number of nitrogens with one attached hydrogen (secondary N) is 1. The Morgan fingerprint density at radius 1 is 1.29 bits per heavy atom. The number of methoxy groups -OCH3 is 1. The molecule has 122 valence electrons. The van der Waals surface area contributed by atoms with Crippen molar-refractivity contribution < 1.29 is 19.6 Å². The molecule has 0 radical (unpaired) electrons. The van der Waals surface area contributed by atoms with Crippen molar-refractivity contribution in [2.75, 3.05) is 7.11 Å². The molecule has 0 aliphatic rings. The molecule has 1 heterocycles. The molecule has 0 aliphatic carbocycles. The molecule has 0 bridgehead atoms. The minimum absolute atomic E-state index is 0.0179. The van der Waals surface area contributed by atoms with Crippen LogP contribution in [-0.4, -0.2) is 28.1 Å². The quantitative estimate of drug-likeness (QED) is 0.552. The lowest BCUT2D eigenvalue weighted by Crippen LogP contribution is -2.02. The van der Waals surface area contributed by atoms with Gasteiger partial charge < -0.3 is 14.8 Å². The topological polar surface area (TPSA) is 105 Å². The third-order valence-corrected chi connectivity index (χ3v) is 3.85. The highest BCUT2D eigenvalue weighted by molar-refractivity contribution is 5.91. The SMILES string of the molecule is COc1ccc(Cc2c[nH]c3ccc([N+](=O)[O-])cc23)cc1C(=O)O. The van der Waals surface area contributed by atoms with Crippen LogP contribution in [0.5, 0.6) is 5.75 Å². The Morgan fingerprint density at radius 2 is 2.08 bits per heavy atom. The number of benzene rings is 2. The number of aromatic nitrogens is 1. The number of hydrogen-bond acceptors (Lipinski definition) is 4. The normalized spacial score (nSPS) is 10.7. The van der Waals surface area contributed by atoms with E-state index in [-0.39, 0.29) is 11.3 Å². The summed E-state index contributed by atoms with van der Waals surface area (Å²) in [6, 6.07) is 9.56. The Labute approximate surface area is 136 Å².